The molecule has 1 heterocycles. The van der Waals surface area contributed by atoms with Gasteiger partial charge in [-0.3, -0.25) is 9.78 Å². The number of rotatable bonds is 6. The number of benzene rings is 3. The van der Waals surface area contributed by atoms with E-state index >= 15 is 0 Å². The van der Waals surface area contributed by atoms with Gasteiger partial charge < -0.3 is 4.74 Å². The summed E-state index contributed by atoms with van der Waals surface area (Å²) in [6, 6.07) is 22.1. The molecule has 7 heteroatoms. The summed E-state index contributed by atoms with van der Waals surface area (Å²) in [6.45, 7) is 5.80. The summed E-state index contributed by atoms with van der Waals surface area (Å²) in [5.74, 6) is -0.178. The van der Waals surface area contributed by atoms with Gasteiger partial charge in [-0.25, -0.2) is 13.1 Å². The Bertz CT molecular complexity index is 1600. The lowest BCUT2D eigenvalue weighted by Gasteiger charge is -2.21. The molecule has 4 aromatic rings. The number of pyridine rings is 1. The van der Waals surface area contributed by atoms with Crippen molar-refractivity contribution in [3.05, 3.63) is 101 Å². The minimum absolute atomic E-state index is 0.0275. The highest BCUT2D eigenvalue weighted by molar-refractivity contribution is 7.90. The van der Waals surface area contributed by atoms with Gasteiger partial charge in [-0.05, 0) is 63.1 Å². The van der Waals surface area contributed by atoms with Crippen LogP contribution in [0.2, 0.25) is 0 Å². The number of carbonyl (C=O) groups is 1. The van der Waals surface area contributed by atoms with Crippen LogP contribution in [0, 0.1) is 20.8 Å². The largest absolute Gasteiger partial charge is 0.496 e. The van der Waals surface area contributed by atoms with Crippen molar-refractivity contribution in [2.45, 2.75) is 43.4 Å². The number of carbonyl (C=O) groups excluding carboxylic acids is 1. The van der Waals surface area contributed by atoms with Crippen LogP contribution in [0.25, 0.3) is 10.9 Å². The number of amides is 1. The van der Waals surface area contributed by atoms with Gasteiger partial charge in [0, 0.05) is 22.6 Å². The molecule has 0 saturated heterocycles. The SMILES string of the molecule is COc1ccc(C)cc1[C@@]1(C(=O)NS(=O)(=O)c2cccc3nc(C)ccc23)C[C@H]1c1ccc(C)cc1. The van der Waals surface area contributed by atoms with E-state index in [2.05, 4.69) is 9.71 Å². The lowest BCUT2D eigenvalue weighted by molar-refractivity contribution is -0.122. The quantitative estimate of drug-likeness (QED) is 0.398. The molecule has 3 aromatic carbocycles. The molecular weight excluding hydrogens is 472 g/mol. The lowest BCUT2D eigenvalue weighted by atomic mass is 9.88. The Morgan fingerprint density at radius 3 is 2.42 bits per heavy atom. The van der Waals surface area contributed by atoms with Crippen LogP contribution in [0.4, 0.5) is 0 Å². The van der Waals surface area contributed by atoms with Crippen molar-refractivity contribution in [3.63, 3.8) is 0 Å². The third-order valence-electron chi connectivity index (χ3n) is 7.03. The number of hydrogen-bond acceptors (Lipinski definition) is 5. The van der Waals surface area contributed by atoms with Crippen molar-refractivity contribution in [2.24, 2.45) is 0 Å². The normalized spacial score (nSPS) is 19.2. The van der Waals surface area contributed by atoms with Gasteiger partial charge in [0.25, 0.3) is 10.0 Å². The number of aromatic nitrogens is 1. The van der Waals surface area contributed by atoms with Gasteiger partial charge in [0.2, 0.25) is 5.91 Å². The minimum Gasteiger partial charge on any atom is -0.496 e. The Kier molecular flexibility index (Phi) is 5.83. The molecule has 6 nitrogen and oxygen atoms in total. The van der Waals surface area contributed by atoms with Crippen molar-refractivity contribution in [3.8, 4) is 5.75 Å². The van der Waals surface area contributed by atoms with E-state index in [9.17, 15) is 13.2 Å². The number of aryl methyl sites for hydroxylation is 3. The molecule has 0 unspecified atom stereocenters. The average molecular weight is 501 g/mol. The number of nitrogens with one attached hydrogen (secondary N) is 1. The lowest BCUT2D eigenvalue weighted by Crippen LogP contribution is -2.40. The van der Waals surface area contributed by atoms with E-state index in [0.29, 0.717) is 28.6 Å². The monoisotopic (exact) mass is 500 g/mol. The molecule has 36 heavy (non-hydrogen) atoms. The first-order valence-electron chi connectivity index (χ1n) is 11.8. The number of methoxy groups -OCH3 is 1. The fourth-order valence-corrected chi connectivity index (χ4v) is 6.29. The van der Waals surface area contributed by atoms with E-state index in [-0.39, 0.29) is 10.8 Å². The van der Waals surface area contributed by atoms with Crippen molar-refractivity contribution in [1.29, 1.82) is 0 Å². The second-order valence-corrected chi connectivity index (χ2v) is 11.2. The van der Waals surface area contributed by atoms with Crippen LogP contribution in [-0.4, -0.2) is 26.4 Å². The first-order chi connectivity index (χ1) is 17.2. The Labute approximate surface area is 211 Å². The maximum absolute atomic E-state index is 14.0. The van der Waals surface area contributed by atoms with Crippen molar-refractivity contribution in [1.82, 2.24) is 9.71 Å². The van der Waals surface area contributed by atoms with Crippen molar-refractivity contribution >= 4 is 26.8 Å². The summed E-state index contributed by atoms with van der Waals surface area (Å²) in [7, 11) is -2.61. The van der Waals surface area contributed by atoms with Gasteiger partial charge >= 0.3 is 0 Å². The van der Waals surface area contributed by atoms with Gasteiger partial charge in [-0.2, -0.15) is 0 Å². The fourth-order valence-electron chi connectivity index (χ4n) is 5.04. The first kappa shape index (κ1) is 24.0. The highest BCUT2D eigenvalue weighted by Crippen LogP contribution is 2.62. The van der Waals surface area contributed by atoms with Crippen LogP contribution in [0.3, 0.4) is 0 Å². The Hall–Kier alpha value is -3.71. The average Bonchev–Trinajstić information content (AvgIpc) is 3.60. The first-order valence-corrected chi connectivity index (χ1v) is 13.3. The van der Waals surface area contributed by atoms with Crippen LogP contribution < -0.4 is 9.46 Å². The van der Waals surface area contributed by atoms with Crippen LogP contribution in [0.15, 0.2) is 77.7 Å². The number of nitrogens with zero attached hydrogens (tertiary/aromatic N) is 1. The topological polar surface area (TPSA) is 85.4 Å². The van der Waals surface area contributed by atoms with E-state index in [0.717, 1.165) is 22.4 Å². The predicted molar refractivity (Wildman–Crippen MR) is 140 cm³/mol. The third kappa shape index (κ3) is 4.03. The van der Waals surface area contributed by atoms with E-state index in [1.165, 1.54) is 6.07 Å². The van der Waals surface area contributed by atoms with Crippen LogP contribution in [0.1, 0.15) is 40.3 Å². The van der Waals surface area contributed by atoms with Gasteiger partial charge in [0.15, 0.2) is 0 Å². The zero-order valence-corrected chi connectivity index (χ0v) is 21.5. The summed E-state index contributed by atoms with van der Waals surface area (Å²) in [5.41, 5.74) is 4.03. The molecule has 1 aliphatic rings. The van der Waals surface area contributed by atoms with E-state index in [4.69, 9.17) is 4.74 Å². The Balaban J connectivity index is 1.59. The molecule has 1 N–H and O–H groups in total. The van der Waals surface area contributed by atoms with Crippen LogP contribution >= 0.6 is 0 Å². The maximum Gasteiger partial charge on any atom is 0.264 e. The molecule has 0 aliphatic heterocycles. The van der Waals surface area contributed by atoms with Gasteiger partial charge in [-0.1, -0.05) is 53.6 Å². The summed E-state index contributed by atoms with van der Waals surface area (Å²) < 4.78 is 35.2. The number of sulfonamides is 1. The second-order valence-electron chi connectivity index (χ2n) is 9.55. The molecule has 0 radical (unpaired) electrons. The molecule has 184 valence electrons. The standard InChI is InChI=1S/C29H28N2O4S/c1-18-8-12-21(13-9-18)24-17-29(24,23-16-19(2)10-15-26(23)35-4)28(32)31-36(33,34)27-7-5-6-25-22(27)14-11-20(3)30-25/h5-16,24H,17H2,1-4H3,(H,31,32)/t24-,29-/m0/s1. The smallest absolute Gasteiger partial charge is 0.264 e. The highest BCUT2D eigenvalue weighted by Gasteiger charge is 2.63. The van der Waals surface area contributed by atoms with Crippen LogP contribution in [0.5, 0.6) is 5.75 Å². The maximum atomic E-state index is 14.0. The molecule has 0 spiro atoms. The van der Waals surface area contributed by atoms with Crippen molar-refractivity contribution in [2.75, 3.05) is 7.11 Å². The number of fused-ring (bicyclic) bond motifs is 1. The molecule has 1 fully saturated rings. The molecular formula is C29H28N2O4S. The highest BCUT2D eigenvalue weighted by atomic mass is 32.2. The summed E-state index contributed by atoms with van der Waals surface area (Å²) >= 11 is 0. The Morgan fingerprint density at radius 1 is 0.972 bits per heavy atom. The van der Waals surface area contributed by atoms with Gasteiger partial charge in [-0.15, -0.1) is 0 Å². The summed E-state index contributed by atoms with van der Waals surface area (Å²) in [5, 5.41) is 0.469. The Morgan fingerprint density at radius 2 is 1.69 bits per heavy atom. The number of hydrogen-bond donors (Lipinski definition) is 1. The van der Waals surface area contributed by atoms with E-state index in [1.807, 2.05) is 63.2 Å². The summed E-state index contributed by atoms with van der Waals surface area (Å²) in [6.07, 6.45) is 0.480. The fraction of sp³-hybridized carbons (Fsp3) is 0.241. The molecule has 1 amide bonds. The van der Waals surface area contributed by atoms with E-state index < -0.39 is 21.3 Å². The zero-order chi connectivity index (χ0) is 25.7. The summed E-state index contributed by atoms with van der Waals surface area (Å²) in [4.78, 5) is 18.4. The molecule has 1 aromatic heterocycles. The molecule has 0 bridgehead atoms. The van der Waals surface area contributed by atoms with Gasteiger partial charge in [0.1, 0.15) is 5.75 Å². The predicted octanol–water partition coefficient (Wildman–Crippen LogP) is 5.10. The molecule has 5 rings (SSSR count). The zero-order valence-electron chi connectivity index (χ0n) is 20.7. The molecule has 1 saturated carbocycles. The molecule has 1 aliphatic carbocycles. The minimum atomic E-state index is -4.17. The number of ether oxygens (including phenoxy) is 1. The van der Waals surface area contributed by atoms with Gasteiger partial charge in [0.05, 0.1) is 22.9 Å². The van der Waals surface area contributed by atoms with E-state index in [1.54, 1.807) is 31.4 Å². The van der Waals surface area contributed by atoms with Crippen LogP contribution in [-0.2, 0) is 20.2 Å². The molecule has 2 atom stereocenters. The second kappa shape index (κ2) is 8.75. The third-order valence-corrected chi connectivity index (χ3v) is 8.42. The van der Waals surface area contributed by atoms with Crippen molar-refractivity contribution < 1.29 is 17.9 Å².